The van der Waals surface area contributed by atoms with E-state index < -0.39 is 0 Å². The average Bonchev–Trinajstić information content (AvgIpc) is 2.46. The fourth-order valence-electron chi connectivity index (χ4n) is 2.10. The molecule has 2 N–H and O–H groups in total. The van der Waals surface area contributed by atoms with Crippen LogP contribution in [0, 0.1) is 0 Å². The molecule has 1 rings (SSSR count). The molecule has 1 aromatic rings. The zero-order chi connectivity index (χ0) is 15.0. The van der Waals surface area contributed by atoms with Crippen LogP contribution in [0.3, 0.4) is 0 Å². The molecule has 112 valence electrons. The predicted octanol–water partition coefficient (Wildman–Crippen LogP) is 1.41. The Kier molecular flexibility index (Phi) is 7.04. The molecular formula is C15H24N2O3. The molecule has 5 nitrogen and oxygen atoms in total. The Labute approximate surface area is 120 Å². The monoisotopic (exact) mass is 280 g/mol. The summed E-state index contributed by atoms with van der Waals surface area (Å²) in [4.78, 5) is 13.9. The summed E-state index contributed by atoms with van der Waals surface area (Å²) in [6, 6.07) is 7.51. The van der Waals surface area contributed by atoms with Crippen LogP contribution in [0.25, 0.3) is 0 Å². The Morgan fingerprint density at radius 2 is 2.10 bits per heavy atom. The van der Waals surface area contributed by atoms with Crippen LogP contribution in [-0.2, 0) is 16.1 Å². The number of carbonyl (C=O) groups excluding carboxylic acids is 1. The molecule has 1 unspecified atom stereocenters. The third-order valence-corrected chi connectivity index (χ3v) is 3.14. The van der Waals surface area contributed by atoms with Gasteiger partial charge in [0.05, 0.1) is 12.6 Å². The van der Waals surface area contributed by atoms with Crippen LogP contribution in [0.5, 0.6) is 5.75 Å². The number of amides is 1. The molecule has 0 aliphatic rings. The molecule has 0 aliphatic carbocycles. The van der Waals surface area contributed by atoms with Crippen LogP contribution in [0.4, 0.5) is 0 Å². The van der Waals surface area contributed by atoms with Gasteiger partial charge < -0.3 is 20.1 Å². The van der Waals surface area contributed by atoms with E-state index in [2.05, 4.69) is 0 Å². The standard InChI is InChI=1S/C15H24N2O3/c1-4-17(12(2)10-19-3)15(18)11-20-14-8-6-5-7-13(14)9-16/h5-8,12H,4,9-11,16H2,1-3H3. The van der Waals surface area contributed by atoms with Gasteiger partial charge in [-0.3, -0.25) is 4.79 Å². The summed E-state index contributed by atoms with van der Waals surface area (Å²) in [6.45, 7) is 5.45. The predicted molar refractivity (Wildman–Crippen MR) is 78.6 cm³/mol. The minimum Gasteiger partial charge on any atom is -0.483 e. The first kappa shape index (κ1) is 16.5. The zero-order valence-electron chi connectivity index (χ0n) is 12.5. The van der Waals surface area contributed by atoms with Crippen LogP contribution >= 0.6 is 0 Å². The third kappa shape index (κ3) is 4.51. The Hall–Kier alpha value is -1.59. The lowest BCUT2D eigenvalue weighted by atomic mass is 10.2. The van der Waals surface area contributed by atoms with Crippen LogP contribution in [0.1, 0.15) is 19.4 Å². The number of hydrogen-bond donors (Lipinski definition) is 1. The molecule has 0 heterocycles. The Morgan fingerprint density at radius 3 is 2.70 bits per heavy atom. The van der Waals surface area contributed by atoms with E-state index >= 15 is 0 Å². The van der Waals surface area contributed by atoms with Gasteiger partial charge in [0.25, 0.3) is 5.91 Å². The minimum atomic E-state index is -0.0520. The summed E-state index contributed by atoms with van der Waals surface area (Å²) in [7, 11) is 1.63. The average molecular weight is 280 g/mol. The van der Waals surface area contributed by atoms with E-state index in [0.717, 1.165) is 5.56 Å². The van der Waals surface area contributed by atoms with Gasteiger partial charge in [0.15, 0.2) is 6.61 Å². The van der Waals surface area contributed by atoms with Crippen molar-refractivity contribution in [1.29, 1.82) is 0 Å². The third-order valence-electron chi connectivity index (χ3n) is 3.14. The number of nitrogens with zero attached hydrogens (tertiary/aromatic N) is 1. The molecule has 20 heavy (non-hydrogen) atoms. The van der Waals surface area contributed by atoms with E-state index in [1.165, 1.54) is 0 Å². The van der Waals surface area contributed by atoms with Gasteiger partial charge in [0, 0.05) is 25.8 Å². The number of ether oxygens (including phenoxy) is 2. The minimum absolute atomic E-state index is 0.0128. The van der Waals surface area contributed by atoms with Crippen LogP contribution in [-0.4, -0.2) is 43.7 Å². The summed E-state index contributed by atoms with van der Waals surface area (Å²) >= 11 is 0. The number of carbonyl (C=O) groups is 1. The Morgan fingerprint density at radius 1 is 1.40 bits per heavy atom. The first-order valence-corrected chi connectivity index (χ1v) is 6.83. The van der Waals surface area contributed by atoms with E-state index in [-0.39, 0.29) is 18.6 Å². The Bertz CT molecular complexity index is 423. The van der Waals surface area contributed by atoms with Crippen molar-refractivity contribution in [1.82, 2.24) is 4.90 Å². The van der Waals surface area contributed by atoms with Gasteiger partial charge in [0.2, 0.25) is 0 Å². The summed E-state index contributed by atoms with van der Waals surface area (Å²) in [6.07, 6.45) is 0. The normalized spacial score (nSPS) is 12.0. The number of rotatable bonds is 8. The number of hydrogen-bond acceptors (Lipinski definition) is 4. The fraction of sp³-hybridized carbons (Fsp3) is 0.533. The quantitative estimate of drug-likeness (QED) is 0.782. The highest BCUT2D eigenvalue weighted by atomic mass is 16.5. The van der Waals surface area contributed by atoms with E-state index in [9.17, 15) is 4.79 Å². The highest BCUT2D eigenvalue weighted by Gasteiger charge is 2.19. The molecule has 0 saturated carbocycles. The van der Waals surface area contributed by atoms with Crippen molar-refractivity contribution in [3.8, 4) is 5.75 Å². The first-order chi connectivity index (χ1) is 9.63. The van der Waals surface area contributed by atoms with E-state index in [1.54, 1.807) is 12.0 Å². The molecule has 0 spiro atoms. The van der Waals surface area contributed by atoms with Crippen molar-refractivity contribution in [3.05, 3.63) is 29.8 Å². The van der Waals surface area contributed by atoms with Gasteiger partial charge >= 0.3 is 0 Å². The molecule has 1 atom stereocenters. The topological polar surface area (TPSA) is 64.8 Å². The molecule has 1 amide bonds. The number of nitrogens with two attached hydrogens (primary N) is 1. The van der Waals surface area contributed by atoms with Crippen molar-refractivity contribution in [2.75, 3.05) is 26.9 Å². The van der Waals surface area contributed by atoms with Gasteiger partial charge in [-0.2, -0.15) is 0 Å². The van der Waals surface area contributed by atoms with Crippen molar-refractivity contribution in [2.24, 2.45) is 5.73 Å². The van der Waals surface area contributed by atoms with Crippen LogP contribution in [0.2, 0.25) is 0 Å². The summed E-state index contributed by atoms with van der Waals surface area (Å²) in [5.74, 6) is 0.614. The molecular weight excluding hydrogens is 256 g/mol. The number of likely N-dealkylation sites (N-methyl/N-ethyl adjacent to an activating group) is 1. The molecule has 0 aliphatic heterocycles. The van der Waals surface area contributed by atoms with Crippen molar-refractivity contribution in [2.45, 2.75) is 26.4 Å². The van der Waals surface area contributed by atoms with Crippen LogP contribution < -0.4 is 10.5 Å². The smallest absolute Gasteiger partial charge is 0.260 e. The summed E-state index contributed by atoms with van der Waals surface area (Å²) in [5.41, 5.74) is 6.54. The van der Waals surface area contributed by atoms with E-state index in [4.69, 9.17) is 15.2 Å². The lowest BCUT2D eigenvalue weighted by Crippen LogP contribution is -2.43. The first-order valence-electron chi connectivity index (χ1n) is 6.83. The number of benzene rings is 1. The highest BCUT2D eigenvalue weighted by Crippen LogP contribution is 2.17. The molecule has 0 radical (unpaired) electrons. The molecule has 0 saturated heterocycles. The molecule has 0 bridgehead atoms. The largest absolute Gasteiger partial charge is 0.483 e. The fourth-order valence-corrected chi connectivity index (χ4v) is 2.10. The van der Waals surface area contributed by atoms with Crippen molar-refractivity contribution >= 4 is 5.91 Å². The molecule has 1 aromatic carbocycles. The van der Waals surface area contributed by atoms with E-state index in [1.807, 2.05) is 38.1 Å². The highest BCUT2D eigenvalue weighted by molar-refractivity contribution is 5.78. The summed E-state index contributed by atoms with van der Waals surface area (Å²) in [5, 5.41) is 0. The lowest BCUT2D eigenvalue weighted by molar-refractivity contribution is -0.136. The second kappa shape index (κ2) is 8.55. The van der Waals surface area contributed by atoms with Gasteiger partial charge in [0.1, 0.15) is 5.75 Å². The SMILES string of the molecule is CCN(C(=O)COc1ccccc1CN)C(C)COC. The maximum absolute atomic E-state index is 12.2. The van der Waals surface area contributed by atoms with Gasteiger partial charge in [-0.05, 0) is 19.9 Å². The van der Waals surface area contributed by atoms with Crippen LogP contribution in [0.15, 0.2) is 24.3 Å². The van der Waals surface area contributed by atoms with E-state index in [0.29, 0.717) is 25.4 Å². The van der Waals surface area contributed by atoms with Crippen molar-refractivity contribution in [3.63, 3.8) is 0 Å². The number of methoxy groups -OCH3 is 1. The second-order valence-electron chi connectivity index (χ2n) is 4.58. The molecule has 5 heteroatoms. The molecule has 0 aromatic heterocycles. The zero-order valence-corrected chi connectivity index (χ0v) is 12.5. The molecule has 0 fully saturated rings. The number of para-hydroxylation sites is 1. The maximum Gasteiger partial charge on any atom is 0.260 e. The lowest BCUT2D eigenvalue weighted by Gasteiger charge is -2.27. The van der Waals surface area contributed by atoms with Crippen molar-refractivity contribution < 1.29 is 14.3 Å². The van der Waals surface area contributed by atoms with Gasteiger partial charge in [-0.1, -0.05) is 18.2 Å². The Balaban J connectivity index is 2.61. The summed E-state index contributed by atoms with van der Waals surface area (Å²) < 4.78 is 10.7. The van der Waals surface area contributed by atoms with Gasteiger partial charge in [-0.15, -0.1) is 0 Å². The maximum atomic E-state index is 12.2. The van der Waals surface area contributed by atoms with Gasteiger partial charge in [-0.25, -0.2) is 0 Å². The second-order valence-corrected chi connectivity index (χ2v) is 4.58.